The Kier molecular flexibility index (Phi) is 16.9. The molecule has 0 fully saturated rings. The molecule has 2 aromatic carbocycles. The van der Waals surface area contributed by atoms with E-state index in [0.717, 1.165) is 54.4 Å². The van der Waals surface area contributed by atoms with Crippen LogP contribution in [0.25, 0.3) is 6.08 Å². The molecule has 0 aliphatic carbocycles. The van der Waals surface area contributed by atoms with Crippen molar-refractivity contribution >= 4 is 17.5 Å². The summed E-state index contributed by atoms with van der Waals surface area (Å²) in [7, 11) is 3.30. The molecule has 3 aliphatic heterocycles. The summed E-state index contributed by atoms with van der Waals surface area (Å²) >= 11 is 0. The van der Waals surface area contributed by atoms with Gasteiger partial charge in [0.25, 0.3) is 0 Å². The summed E-state index contributed by atoms with van der Waals surface area (Å²) in [6.07, 6.45) is 15.6. The minimum atomic E-state index is -1.11. The van der Waals surface area contributed by atoms with Gasteiger partial charge >= 0.3 is 0 Å². The van der Waals surface area contributed by atoms with Crippen molar-refractivity contribution in [1.82, 2.24) is 0 Å². The number of benzene rings is 2. The number of rotatable bonds is 17. The second kappa shape index (κ2) is 22.7. The molecule has 0 spiro atoms. The van der Waals surface area contributed by atoms with Crippen molar-refractivity contribution in [3.8, 4) is 47.9 Å². The van der Waals surface area contributed by atoms with Crippen LogP contribution in [0.2, 0.25) is 0 Å². The smallest absolute Gasteiger partial charge is 0.172 e. The number of allylic oxidation sites excluding steroid dienone is 12. The second-order valence-electron chi connectivity index (χ2n) is 16.8. The quantitative estimate of drug-likeness (QED) is 0.136. The average Bonchev–Trinajstić information content (AvgIpc) is 3.77. The molecule has 0 saturated carbocycles. The van der Waals surface area contributed by atoms with Crippen molar-refractivity contribution in [2.45, 2.75) is 79.4 Å². The van der Waals surface area contributed by atoms with Crippen LogP contribution in [0.4, 0.5) is 11.4 Å². The van der Waals surface area contributed by atoms with E-state index in [2.05, 4.69) is 73.9 Å². The molecule has 0 atom stereocenters. The van der Waals surface area contributed by atoms with Gasteiger partial charge in [-0.05, 0) is 121 Å². The maximum Gasteiger partial charge on any atom is 0.172 e. The number of methoxy groups -OCH3 is 2. The third-order valence-corrected chi connectivity index (χ3v) is 12.0. The molecule has 5 rings (SSSR count). The van der Waals surface area contributed by atoms with Gasteiger partial charge in [0.15, 0.2) is 22.7 Å². The topological polar surface area (TPSA) is 195 Å². The highest BCUT2D eigenvalue weighted by Gasteiger charge is 2.40. The van der Waals surface area contributed by atoms with Crippen molar-refractivity contribution in [2.75, 3.05) is 50.2 Å². The van der Waals surface area contributed by atoms with Crippen molar-refractivity contribution in [1.29, 1.82) is 31.6 Å². The Balaban J connectivity index is 1.77. The van der Waals surface area contributed by atoms with Crippen LogP contribution >= 0.6 is 0 Å². The van der Waals surface area contributed by atoms with E-state index in [-0.39, 0.29) is 33.8 Å². The SMILES string of the molecule is CCN(CC)c1ccc(/C=C/C2=CC(=C(/C=C/C3=C(C#N)C(=C(C#N)C#N)OC3(C)C)/C=C/C3=C(C#N)C(=C(C#N)C#N)OC3(C)C)C=C(CCc3ccc(N(CC)CC)cc3OC)O2)c(OC)c1. The first-order valence-corrected chi connectivity index (χ1v) is 22.7. The maximum atomic E-state index is 10.4. The summed E-state index contributed by atoms with van der Waals surface area (Å²) < 4.78 is 30.6. The Labute approximate surface area is 406 Å². The number of hydrogen-bond donors (Lipinski definition) is 0. The lowest BCUT2D eigenvalue weighted by Gasteiger charge is -2.23. The third kappa shape index (κ3) is 11.3. The van der Waals surface area contributed by atoms with Crippen LogP contribution in [0.1, 0.15) is 72.9 Å². The van der Waals surface area contributed by atoms with Gasteiger partial charge in [-0.1, -0.05) is 30.4 Å². The minimum Gasteiger partial charge on any atom is -0.496 e. The molecule has 2 aromatic rings. The van der Waals surface area contributed by atoms with Crippen molar-refractivity contribution < 1.29 is 23.7 Å². The van der Waals surface area contributed by atoms with Crippen LogP contribution in [0.15, 0.2) is 147 Å². The van der Waals surface area contributed by atoms with E-state index in [9.17, 15) is 31.6 Å². The summed E-state index contributed by atoms with van der Waals surface area (Å²) in [4.78, 5) is 4.49. The monoisotopic (exact) mass is 920 g/mol. The van der Waals surface area contributed by atoms with Gasteiger partial charge in [-0.15, -0.1) is 0 Å². The Bertz CT molecular complexity index is 2810. The molecule has 13 nitrogen and oxygen atoms in total. The maximum absolute atomic E-state index is 10.4. The van der Waals surface area contributed by atoms with E-state index in [1.807, 2.05) is 60.7 Å². The van der Waals surface area contributed by atoms with E-state index in [1.165, 1.54) is 0 Å². The van der Waals surface area contributed by atoms with Gasteiger partial charge in [-0.2, -0.15) is 31.6 Å². The number of anilines is 2. The predicted molar refractivity (Wildman–Crippen MR) is 265 cm³/mol. The van der Waals surface area contributed by atoms with Gasteiger partial charge in [0.1, 0.15) is 81.8 Å². The van der Waals surface area contributed by atoms with Crippen LogP contribution in [0.5, 0.6) is 11.5 Å². The fourth-order valence-corrected chi connectivity index (χ4v) is 8.29. The number of nitriles is 6. The molecule has 350 valence electrons. The highest BCUT2D eigenvalue weighted by Crippen LogP contribution is 2.43. The summed E-state index contributed by atoms with van der Waals surface area (Å²) in [5.41, 5.74) is 3.24. The highest BCUT2D eigenvalue weighted by atomic mass is 16.5. The fourth-order valence-electron chi connectivity index (χ4n) is 8.29. The molecule has 3 heterocycles. The number of nitrogens with zero attached hydrogens (tertiary/aromatic N) is 8. The van der Waals surface area contributed by atoms with Gasteiger partial charge < -0.3 is 33.5 Å². The molecule has 0 N–H and O–H groups in total. The Morgan fingerprint density at radius 2 is 1.09 bits per heavy atom. The van der Waals surface area contributed by atoms with Gasteiger partial charge in [0, 0.05) is 72.8 Å². The number of ether oxygens (including phenoxy) is 5. The first-order valence-electron chi connectivity index (χ1n) is 22.7. The molecule has 0 saturated heterocycles. The first kappa shape index (κ1) is 51.4. The van der Waals surface area contributed by atoms with Crippen LogP contribution in [0.3, 0.4) is 0 Å². The third-order valence-electron chi connectivity index (χ3n) is 12.0. The largest absolute Gasteiger partial charge is 0.496 e. The summed E-state index contributed by atoms with van der Waals surface area (Å²) in [6.45, 7) is 18.8. The lowest BCUT2D eigenvalue weighted by atomic mass is 9.91. The van der Waals surface area contributed by atoms with Crippen LogP contribution in [0, 0.1) is 68.0 Å². The highest BCUT2D eigenvalue weighted by molar-refractivity contribution is 5.67. The zero-order chi connectivity index (χ0) is 50.5. The van der Waals surface area contributed by atoms with Crippen LogP contribution in [-0.4, -0.2) is 51.6 Å². The fraction of sp³-hybridized carbons (Fsp3) is 0.321. The van der Waals surface area contributed by atoms with E-state index in [0.29, 0.717) is 52.4 Å². The van der Waals surface area contributed by atoms with Crippen molar-refractivity contribution in [3.63, 3.8) is 0 Å². The summed E-state index contributed by atoms with van der Waals surface area (Å²) in [5, 5.41) is 59.7. The van der Waals surface area contributed by atoms with E-state index >= 15 is 0 Å². The van der Waals surface area contributed by atoms with Crippen molar-refractivity contribution in [3.05, 3.63) is 158 Å². The molecular formula is C56H56N8O5. The van der Waals surface area contributed by atoms with E-state index in [4.69, 9.17) is 23.7 Å². The average molecular weight is 921 g/mol. The molecule has 0 bridgehead atoms. The van der Waals surface area contributed by atoms with Crippen molar-refractivity contribution in [2.24, 2.45) is 0 Å². The van der Waals surface area contributed by atoms with Crippen LogP contribution < -0.4 is 19.3 Å². The Morgan fingerprint density at radius 1 is 0.609 bits per heavy atom. The van der Waals surface area contributed by atoms with E-state index in [1.54, 1.807) is 66.2 Å². The standard InChI is InChI=1S/C56H56N8O5/c1-11-63(12-2)43-21-15-38(51(29-43)65-9)17-23-45-27-40(28-46(67-45)24-18-39-16-22-44(30-52(39)66-10)64(13-3)14-4)37(19-25-49-47(35-61)53(41(31-57)32-58)68-55(49,5)6)20-26-50-48(36-62)54(42(33-59)34-60)69-56(50,7)8/h15-17,19-23,25-30H,11-14,18,24H2,1-10H3/b23-17+,25-19+,26-20+. The summed E-state index contributed by atoms with van der Waals surface area (Å²) in [5.74, 6) is 2.37. The molecule has 0 amide bonds. The lowest BCUT2D eigenvalue weighted by molar-refractivity contribution is 0.0950. The predicted octanol–water partition coefficient (Wildman–Crippen LogP) is 11.1. The van der Waals surface area contributed by atoms with Gasteiger partial charge in [-0.25, -0.2) is 0 Å². The molecular weight excluding hydrogens is 865 g/mol. The lowest BCUT2D eigenvalue weighted by Crippen LogP contribution is -2.21. The second-order valence-corrected chi connectivity index (χ2v) is 16.8. The number of hydrogen-bond acceptors (Lipinski definition) is 13. The zero-order valence-corrected chi connectivity index (χ0v) is 40.9. The van der Waals surface area contributed by atoms with Gasteiger partial charge in [-0.3, -0.25) is 0 Å². The van der Waals surface area contributed by atoms with Crippen LogP contribution in [-0.2, 0) is 20.6 Å². The van der Waals surface area contributed by atoms with Gasteiger partial charge in [0.2, 0.25) is 0 Å². The van der Waals surface area contributed by atoms with E-state index < -0.39 is 11.2 Å². The molecule has 69 heavy (non-hydrogen) atoms. The molecule has 0 aromatic heterocycles. The Hall–Kier alpha value is -8.62. The summed E-state index contributed by atoms with van der Waals surface area (Å²) in [6, 6.07) is 23.9. The molecule has 3 aliphatic rings. The Morgan fingerprint density at radius 3 is 1.54 bits per heavy atom. The minimum absolute atomic E-state index is 0.0436. The molecule has 13 heteroatoms. The first-order chi connectivity index (χ1) is 33.1. The normalized spacial score (nSPS) is 15.7. The zero-order valence-electron chi connectivity index (χ0n) is 40.9. The molecule has 0 radical (unpaired) electrons. The van der Waals surface area contributed by atoms with Gasteiger partial charge in [0.05, 0.1) is 14.2 Å². The molecule has 0 unspecified atom stereocenters. The number of aryl methyl sites for hydroxylation is 1.